The van der Waals surface area contributed by atoms with Crippen LogP contribution in [0.2, 0.25) is 0 Å². The number of ether oxygens (including phenoxy) is 1. The van der Waals surface area contributed by atoms with E-state index in [4.69, 9.17) is 4.74 Å². The van der Waals surface area contributed by atoms with Gasteiger partial charge in [0.25, 0.3) is 11.6 Å². The maximum atomic E-state index is 12.7. The number of nitrogens with zero attached hydrogens (tertiary/aromatic N) is 2. The number of benzene rings is 1. The van der Waals surface area contributed by atoms with Gasteiger partial charge in [0.15, 0.2) is 0 Å². The maximum absolute atomic E-state index is 12.7. The second-order valence-electron chi connectivity index (χ2n) is 5.75. The third-order valence-electron chi connectivity index (χ3n) is 4.23. The summed E-state index contributed by atoms with van der Waals surface area (Å²) in [6.45, 7) is 4.59. The summed E-state index contributed by atoms with van der Waals surface area (Å²) in [4.78, 5) is 28.0. The third-order valence-corrected chi connectivity index (χ3v) is 4.23. The number of hydrogen-bond donors (Lipinski definition) is 1. The smallest absolute Gasteiger partial charge is 0.293 e. The Balaban J connectivity index is 1.87. The Bertz CT molecular complexity index is 734. The summed E-state index contributed by atoms with van der Waals surface area (Å²) in [6.07, 6.45) is 0.960. The van der Waals surface area contributed by atoms with Crippen molar-refractivity contribution >= 4 is 22.5 Å². The van der Waals surface area contributed by atoms with Gasteiger partial charge in [-0.25, -0.2) is 0 Å². The Morgan fingerprint density at radius 3 is 3.00 bits per heavy atom. The first-order chi connectivity index (χ1) is 11.1. The normalized spacial score (nSPS) is 17.5. The molecule has 7 heteroatoms. The lowest BCUT2D eigenvalue weighted by atomic mass is 10.1. The Morgan fingerprint density at radius 1 is 1.52 bits per heavy atom. The standard InChI is InChI=1S/C16H19N3O4/c1-2-18(9-11-6-7-23-10-11)16(20)13-8-12-4-3-5-14(19(21)22)15(12)17-13/h3-5,8,11,17H,2,6-7,9-10H2,1H3/t11-/m0/s1. The lowest BCUT2D eigenvalue weighted by molar-refractivity contribution is -0.383. The average molecular weight is 317 g/mol. The second-order valence-corrected chi connectivity index (χ2v) is 5.75. The van der Waals surface area contributed by atoms with E-state index in [1.807, 2.05) is 6.92 Å². The molecule has 3 rings (SSSR count). The summed E-state index contributed by atoms with van der Waals surface area (Å²) >= 11 is 0. The van der Waals surface area contributed by atoms with Gasteiger partial charge >= 0.3 is 0 Å². The van der Waals surface area contributed by atoms with Gasteiger partial charge in [-0.2, -0.15) is 0 Å². The zero-order valence-electron chi connectivity index (χ0n) is 12.9. The molecule has 0 bridgehead atoms. The number of rotatable bonds is 5. The molecule has 0 saturated carbocycles. The van der Waals surface area contributed by atoms with Gasteiger partial charge in [0.1, 0.15) is 11.2 Å². The van der Waals surface area contributed by atoms with Gasteiger partial charge in [-0.3, -0.25) is 14.9 Å². The lowest BCUT2D eigenvalue weighted by Crippen LogP contribution is -2.35. The molecular formula is C16H19N3O4. The zero-order valence-corrected chi connectivity index (χ0v) is 12.9. The number of aromatic nitrogens is 1. The molecule has 0 aliphatic carbocycles. The Hall–Kier alpha value is -2.41. The van der Waals surface area contributed by atoms with Gasteiger partial charge < -0.3 is 14.6 Å². The molecule has 23 heavy (non-hydrogen) atoms. The number of aromatic amines is 1. The van der Waals surface area contributed by atoms with Crippen LogP contribution in [0.25, 0.3) is 10.9 Å². The fraction of sp³-hybridized carbons (Fsp3) is 0.438. The van der Waals surface area contributed by atoms with Crippen LogP contribution in [0.3, 0.4) is 0 Å². The Morgan fingerprint density at radius 2 is 2.35 bits per heavy atom. The van der Waals surface area contributed by atoms with E-state index < -0.39 is 4.92 Å². The minimum absolute atomic E-state index is 0.0196. The number of carbonyl (C=O) groups is 1. The zero-order chi connectivity index (χ0) is 16.4. The van der Waals surface area contributed by atoms with Crippen molar-refractivity contribution in [2.45, 2.75) is 13.3 Å². The third kappa shape index (κ3) is 3.05. The number of non-ortho nitro benzene ring substituents is 1. The number of amides is 1. The Labute approximate surface area is 133 Å². The molecule has 1 amide bonds. The molecule has 1 aliphatic heterocycles. The molecule has 1 aromatic heterocycles. The molecule has 1 aromatic carbocycles. The van der Waals surface area contributed by atoms with Crippen LogP contribution >= 0.6 is 0 Å². The maximum Gasteiger partial charge on any atom is 0.293 e. The van der Waals surface area contributed by atoms with Crippen molar-refractivity contribution in [1.82, 2.24) is 9.88 Å². The first-order valence-corrected chi connectivity index (χ1v) is 7.73. The van der Waals surface area contributed by atoms with Gasteiger partial charge in [0.05, 0.1) is 11.5 Å². The van der Waals surface area contributed by atoms with Crippen LogP contribution in [0.4, 0.5) is 5.69 Å². The molecule has 7 nitrogen and oxygen atoms in total. The van der Waals surface area contributed by atoms with Crippen LogP contribution in [-0.2, 0) is 4.74 Å². The minimum Gasteiger partial charge on any atom is -0.381 e. The van der Waals surface area contributed by atoms with E-state index in [2.05, 4.69) is 4.98 Å². The van der Waals surface area contributed by atoms with Crippen molar-refractivity contribution in [3.05, 3.63) is 40.1 Å². The van der Waals surface area contributed by atoms with E-state index in [1.54, 1.807) is 23.1 Å². The van der Waals surface area contributed by atoms with Gasteiger partial charge in [0.2, 0.25) is 0 Å². The van der Waals surface area contributed by atoms with Crippen LogP contribution in [0.5, 0.6) is 0 Å². The number of nitro groups is 1. The van der Waals surface area contributed by atoms with Crippen molar-refractivity contribution in [2.75, 3.05) is 26.3 Å². The van der Waals surface area contributed by atoms with Crippen LogP contribution in [0.1, 0.15) is 23.8 Å². The number of para-hydroxylation sites is 1. The van der Waals surface area contributed by atoms with Gasteiger partial charge in [-0.1, -0.05) is 12.1 Å². The van der Waals surface area contributed by atoms with E-state index in [9.17, 15) is 14.9 Å². The first-order valence-electron chi connectivity index (χ1n) is 7.73. The van der Waals surface area contributed by atoms with E-state index in [0.717, 1.165) is 13.0 Å². The van der Waals surface area contributed by atoms with E-state index in [1.165, 1.54) is 6.07 Å². The number of nitrogens with one attached hydrogen (secondary N) is 1. The predicted molar refractivity (Wildman–Crippen MR) is 85.5 cm³/mol. The summed E-state index contributed by atoms with van der Waals surface area (Å²) in [5, 5.41) is 11.8. The molecule has 2 aromatic rings. The van der Waals surface area contributed by atoms with Crippen molar-refractivity contribution in [2.24, 2.45) is 5.92 Å². The number of fused-ring (bicyclic) bond motifs is 1. The summed E-state index contributed by atoms with van der Waals surface area (Å²) in [7, 11) is 0. The molecule has 1 atom stereocenters. The molecule has 1 N–H and O–H groups in total. The van der Waals surface area contributed by atoms with Crippen LogP contribution in [0.15, 0.2) is 24.3 Å². The van der Waals surface area contributed by atoms with Crippen molar-refractivity contribution in [3.63, 3.8) is 0 Å². The molecule has 122 valence electrons. The largest absolute Gasteiger partial charge is 0.381 e. The highest BCUT2D eigenvalue weighted by Gasteiger charge is 2.24. The van der Waals surface area contributed by atoms with Crippen molar-refractivity contribution in [3.8, 4) is 0 Å². The highest BCUT2D eigenvalue weighted by molar-refractivity contribution is 6.00. The summed E-state index contributed by atoms with van der Waals surface area (Å²) in [5.74, 6) is 0.225. The number of H-pyrrole nitrogens is 1. The Kier molecular flexibility index (Phi) is 4.29. The molecule has 1 saturated heterocycles. The average Bonchev–Trinajstić information content (AvgIpc) is 3.20. The molecule has 0 radical (unpaired) electrons. The molecule has 0 unspecified atom stereocenters. The van der Waals surface area contributed by atoms with Gasteiger partial charge in [-0.05, 0) is 19.4 Å². The second kappa shape index (κ2) is 6.37. The summed E-state index contributed by atoms with van der Waals surface area (Å²) < 4.78 is 5.36. The quantitative estimate of drug-likeness (QED) is 0.678. The summed E-state index contributed by atoms with van der Waals surface area (Å²) in [5.41, 5.74) is 0.755. The molecular weight excluding hydrogens is 298 g/mol. The molecule has 1 aliphatic rings. The molecule has 0 spiro atoms. The van der Waals surface area contributed by atoms with Gasteiger partial charge in [-0.15, -0.1) is 0 Å². The van der Waals surface area contributed by atoms with Crippen LogP contribution in [0, 0.1) is 16.0 Å². The molecule has 1 fully saturated rings. The van der Waals surface area contributed by atoms with E-state index >= 15 is 0 Å². The monoisotopic (exact) mass is 317 g/mol. The van der Waals surface area contributed by atoms with Gasteiger partial charge in [0, 0.05) is 37.1 Å². The topological polar surface area (TPSA) is 88.5 Å². The SMILES string of the molecule is CCN(C[C@@H]1CCOC1)C(=O)c1cc2cccc([N+](=O)[O-])c2[nH]1. The fourth-order valence-corrected chi connectivity index (χ4v) is 2.97. The van der Waals surface area contributed by atoms with Crippen molar-refractivity contribution < 1.29 is 14.5 Å². The van der Waals surface area contributed by atoms with Crippen molar-refractivity contribution in [1.29, 1.82) is 0 Å². The molecule has 2 heterocycles. The number of carbonyl (C=O) groups excluding carboxylic acids is 1. The highest BCUT2D eigenvalue weighted by atomic mass is 16.6. The highest BCUT2D eigenvalue weighted by Crippen LogP contribution is 2.26. The van der Waals surface area contributed by atoms with E-state index in [0.29, 0.717) is 42.2 Å². The predicted octanol–water partition coefficient (Wildman–Crippen LogP) is 2.57. The summed E-state index contributed by atoms with van der Waals surface area (Å²) in [6, 6.07) is 6.49. The fourth-order valence-electron chi connectivity index (χ4n) is 2.97. The lowest BCUT2D eigenvalue weighted by Gasteiger charge is -2.23. The van der Waals surface area contributed by atoms with Crippen LogP contribution < -0.4 is 0 Å². The first kappa shape index (κ1) is 15.5. The van der Waals surface area contributed by atoms with Crippen LogP contribution in [-0.4, -0.2) is 47.0 Å². The number of hydrogen-bond acceptors (Lipinski definition) is 4. The number of nitro benzene ring substituents is 1. The minimum atomic E-state index is -0.444. The van der Waals surface area contributed by atoms with E-state index in [-0.39, 0.29) is 11.6 Å².